The van der Waals surface area contributed by atoms with Crippen LogP contribution in [0.1, 0.15) is 15.9 Å². The highest BCUT2D eigenvalue weighted by atomic mass is 35.5. The van der Waals surface area contributed by atoms with E-state index in [0.717, 1.165) is 63.2 Å². The first-order valence-corrected chi connectivity index (χ1v) is 11.4. The third kappa shape index (κ3) is 3.60. The van der Waals surface area contributed by atoms with Crippen molar-refractivity contribution in [3.63, 3.8) is 0 Å². The summed E-state index contributed by atoms with van der Waals surface area (Å²) in [7, 11) is 0. The quantitative estimate of drug-likeness (QED) is 0.284. The van der Waals surface area contributed by atoms with Gasteiger partial charge in [0.05, 0.1) is 11.2 Å². The minimum atomic E-state index is 0.624. The average molecular weight is 463 g/mol. The van der Waals surface area contributed by atoms with Crippen molar-refractivity contribution >= 4 is 40.2 Å². The predicted octanol–water partition coefficient (Wildman–Crippen LogP) is 6.52. The van der Waals surface area contributed by atoms with Crippen molar-refractivity contribution in [3.8, 4) is 22.5 Å². The molecule has 1 aliphatic heterocycles. The normalized spacial score (nSPS) is 12.7. The van der Waals surface area contributed by atoms with Crippen molar-refractivity contribution in [2.24, 2.45) is 0 Å². The zero-order valence-electron chi connectivity index (χ0n) is 18.1. The van der Waals surface area contributed by atoms with Crippen molar-refractivity contribution in [2.45, 2.75) is 6.42 Å². The number of carbonyl (C=O) groups is 1. The van der Waals surface area contributed by atoms with Gasteiger partial charge in [-0.25, -0.2) is 9.97 Å². The molecule has 0 atom stereocenters. The summed E-state index contributed by atoms with van der Waals surface area (Å²) in [5.74, 6) is 0.624. The number of benzene rings is 3. The van der Waals surface area contributed by atoms with Crippen molar-refractivity contribution in [1.29, 1.82) is 0 Å². The lowest BCUT2D eigenvalue weighted by Gasteiger charge is -2.23. The van der Waals surface area contributed by atoms with E-state index in [2.05, 4.69) is 33.1 Å². The fraction of sp³-hybridized carbons (Fsp3) is 0.0714. The SMILES string of the molecule is O=Cc1cccc(-c2cc(N3CCc4cc(Cl)ccc43)c3cnc(-c4cccnc4)nc3c2)c1. The van der Waals surface area contributed by atoms with Crippen LogP contribution in [0.2, 0.25) is 5.02 Å². The first kappa shape index (κ1) is 20.5. The molecule has 0 saturated heterocycles. The Morgan fingerprint density at radius 1 is 0.882 bits per heavy atom. The highest BCUT2D eigenvalue weighted by Gasteiger charge is 2.23. The Hall–Kier alpha value is -4.09. The summed E-state index contributed by atoms with van der Waals surface area (Å²) in [5.41, 5.74) is 7.68. The Kier molecular flexibility index (Phi) is 5.04. The maximum atomic E-state index is 11.4. The molecule has 0 spiro atoms. The number of hydrogen-bond acceptors (Lipinski definition) is 5. The fourth-order valence-electron chi connectivity index (χ4n) is 4.55. The molecule has 0 radical (unpaired) electrons. The molecule has 34 heavy (non-hydrogen) atoms. The minimum absolute atomic E-state index is 0.624. The molecule has 0 N–H and O–H groups in total. The molecule has 0 unspecified atom stereocenters. The second kappa shape index (κ2) is 8.36. The lowest BCUT2D eigenvalue weighted by atomic mass is 10.00. The van der Waals surface area contributed by atoms with Crippen LogP contribution in [0.5, 0.6) is 0 Å². The Labute approximate surface area is 201 Å². The Morgan fingerprint density at radius 2 is 1.79 bits per heavy atom. The maximum Gasteiger partial charge on any atom is 0.161 e. The van der Waals surface area contributed by atoms with Crippen molar-refractivity contribution in [2.75, 3.05) is 11.4 Å². The van der Waals surface area contributed by atoms with E-state index in [9.17, 15) is 4.79 Å². The Bertz CT molecular complexity index is 1550. The number of halogens is 1. The van der Waals surface area contributed by atoms with Gasteiger partial charge in [0.2, 0.25) is 0 Å². The van der Waals surface area contributed by atoms with Crippen molar-refractivity contribution in [3.05, 3.63) is 101 Å². The lowest BCUT2D eigenvalue weighted by Crippen LogP contribution is -2.14. The summed E-state index contributed by atoms with van der Waals surface area (Å²) >= 11 is 6.25. The van der Waals surface area contributed by atoms with Gasteiger partial charge in [0.1, 0.15) is 6.29 Å². The largest absolute Gasteiger partial charge is 0.340 e. The zero-order chi connectivity index (χ0) is 23.1. The van der Waals surface area contributed by atoms with Gasteiger partial charge in [-0.15, -0.1) is 0 Å². The monoisotopic (exact) mass is 462 g/mol. The summed E-state index contributed by atoms with van der Waals surface area (Å²) in [4.78, 5) is 27.5. The van der Waals surface area contributed by atoms with Crippen molar-refractivity contribution in [1.82, 2.24) is 15.0 Å². The van der Waals surface area contributed by atoms with E-state index in [1.54, 1.807) is 12.4 Å². The molecule has 0 fully saturated rings. The molecule has 0 amide bonds. The van der Waals surface area contributed by atoms with E-state index < -0.39 is 0 Å². The molecule has 0 bridgehead atoms. The van der Waals surface area contributed by atoms with Gasteiger partial charge in [0.15, 0.2) is 5.82 Å². The van der Waals surface area contributed by atoms with Crippen LogP contribution in [0.25, 0.3) is 33.4 Å². The van der Waals surface area contributed by atoms with E-state index >= 15 is 0 Å². The molecule has 6 heteroatoms. The molecule has 1 aliphatic rings. The van der Waals surface area contributed by atoms with Gasteiger partial charge in [-0.2, -0.15) is 0 Å². The molecule has 164 valence electrons. The number of fused-ring (bicyclic) bond motifs is 2. The van der Waals surface area contributed by atoms with Gasteiger partial charge in [-0.1, -0.05) is 29.8 Å². The van der Waals surface area contributed by atoms with Crippen LogP contribution in [0.4, 0.5) is 11.4 Å². The smallest absolute Gasteiger partial charge is 0.161 e. The fourth-order valence-corrected chi connectivity index (χ4v) is 4.75. The van der Waals surface area contributed by atoms with E-state index in [-0.39, 0.29) is 0 Å². The van der Waals surface area contributed by atoms with Crippen LogP contribution < -0.4 is 4.90 Å². The van der Waals surface area contributed by atoms with Crippen LogP contribution in [-0.4, -0.2) is 27.8 Å². The summed E-state index contributed by atoms with van der Waals surface area (Å²) in [5, 5.41) is 1.71. The Morgan fingerprint density at radius 3 is 2.65 bits per heavy atom. The molecule has 2 aromatic heterocycles. The van der Waals surface area contributed by atoms with Crippen LogP contribution in [0, 0.1) is 0 Å². The summed E-state index contributed by atoms with van der Waals surface area (Å²) in [6, 6.07) is 21.7. The second-order valence-corrected chi connectivity index (χ2v) is 8.72. The number of nitrogens with zero attached hydrogens (tertiary/aromatic N) is 4. The average Bonchev–Trinajstić information content (AvgIpc) is 3.31. The third-order valence-electron chi connectivity index (χ3n) is 6.18. The molecule has 3 heterocycles. The van der Waals surface area contributed by atoms with Gasteiger partial charge in [-0.05, 0) is 71.6 Å². The first-order chi connectivity index (χ1) is 16.7. The first-order valence-electron chi connectivity index (χ1n) is 11.0. The zero-order valence-corrected chi connectivity index (χ0v) is 18.9. The van der Waals surface area contributed by atoms with Gasteiger partial charge in [0, 0.05) is 52.4 Å². The number of aldehydes is 1. The summed E-state index contributed by atoms with van der Waals surface area (Å²) < 4.78 is 0. The van der Waals surface area contributed by atoms with Crippen LogP contribution >= 0.6 is 11.6 Å². The highest BCUT2D eigenvalue weighted by molar-refractivity contribution is 6.30. The van der Waals surface area contributed by atoms with Crippen LogP contribution in [-0.2, 0) is 6.42 Å². The molecule has 3 aromatic carbocycles. The van der Waals surface area contributed by atoms with E-state index in [4.69, 9.17) is 16.6 Å². The van der Waals surface area contributed by atoms with Gasteiger partial charge in [0.25, 0.3) is 0 Å². The van der Waals surface area contributed by atoms with Gasteiger partial charge >= 0.3 is 0 Å². The number of rotatable bonds is 4. The molecule has 0 saturated carbocycles. The second-order valence-electron chi connectivity index (χ2n) is 8.28. The number of anilines is 2. The lowest BCUT2D eigenvalue weighted by molar-refractivity contribution is 0.112. The maximum absolute atomic E-state index is 11.4. The summed E-state index contributed by atoms with van der Waals surface area (Å²) in [6.07, 6.45) is 7.17. The molecule has 5 nitrogen and oxygen atoms in total. The van der Waals surface area contributed by atoms with Crippen molar-refractivity contribution < 1.29 is 4.79 Å². The van der Waals surface area contributed by atoms with Crippen LogP contribution in [0.3, 0.4) is 0 Å². The molecular formula is C28H19ClN4O. The van der Waals surface area contributed by atoms with Gasteiger partial charge in [-0.3, -0.25) is 9.78 Å². The number of hydrogen-bond donors (Lipinski definition) is 0. The van der Waals surface area contributed by atoms with E-state index in [1.807, 2.05) is 54.7 Å². The Balaban J connectivity index is 1.58. The van der Waals surface area contributed by atoms with E-state index in [0.29, 0.717) is 11.4 Å². The summed E-state index contributed by atoms with van der Waals surface area (Å²) in [6.45, 7) is 0.840. The van der Waals surface area contributed by atoms with Crippen LogP contribution in [0.15, 0.2) is 85.3 Å². The van der Waals surface area contributed by atoms with Gasteiger partial charge < -0.3 is 4.90 Å². The number of aromatic nitrogens is 3. The standard InChI is InChI=1S/C28H19ClN4O/c29-23-6-7-26-20(12-23)8-10-33(26)27-14-22(19-4-1-3-18(11-19)17-34)13-25-24(27)16-31-28(32-25)21-5-2-9-30-15-21/h1-7,9,11-17H,8,10H2. The molecule has 6 rings (SSSR count). The highest BCUT2D eigenvalue weighted by Crippen LogP contribution is 2.41. The molecular weight excluding hydrogens is 444 g/mol. The predicted molar refractivity (Wildman–Crippen MR) is 136 cm³/mol. The number of carbonyl (C=O) groups excluding carboxylic acids is 1. The number of pyridine rings is 1. The molecule has 0 aliphatic carbocycles. The third-order valence-corrected chi connectivity index (χ3v) is 6.42. The molecule has 5 aromatic rings. The topological polar surface area (TPSA) is 59.0 Å². The minimum Gasteiger partial charge on any atom is -0.340 e. The van der Waals surface area contributed by atoms with E-state index in [1.165, 1.54) is 5.56 Å².